The zero-order valence-corrected chi connectivity index (χ0v) is 14.9. The second kappa shape index (κ2) is 5.93. The van der Waals surface area contributed by atoms with Gasteiger partial charge in [-0.25, -0.2) is 0 Å². The highest BCUT2D eigenvalue weighted by Gasteiger charge is 2.39. The molecule has 2 aliphatic heterocycles. The van der Waals surface area contributed by atoms with E-state index in [-0.39, 0.29) is 12.3 Å². The topological polar surface area (TPSA) is 44.8 Å². The summed E-state index contributed by atoms with van der Waals surface area (Å²) in [6.45, 7) is 0.355. The lowest BCUT2D eigenvalue weighted by molar-refractivity contribution is 0.105. The molecule has 2 heterocycles. The van der Waals surface area contributed by atoms with Crippen LogP contribution < -0.4 is 19.3 Å². The lowest BCUT2D eigenvalue weighted by atomic mass is 10.0. The van der Waals surface area contributed by atoms with E-state index in [4.69, 9.17) is 14.0 Å². The van der Waals surface area contributed by atoms with Crippen molar-refractivity contribution in [2.24, 2.45) is 0 Å². The molecule has 0 fully saturated rings. The zero-order valence-electron chi connectivity index (χ0n) is 14.0. The Hall–Kier alpha value is -2.71. The molecule has 0 aliphatic carbocycles. The van der Waals surface area contributed by atoms with E-state index < -0.39 is 7.37 Å². The summed E-state index contributed by atoms with van der Waals surface area (Å²) in [5, 5.41) is 0.751. The highest BCUT2D eigenvalue weighted by Crippen LogP contribution is 2.55. The maximum atomic E-state index is 13.8. The van der Waals surface area contributed by atoms with E-state index in [2.05, 4.69) is 0 Å². The summed E-state index contributed by atoms with van der Waals surface area (Å²) in [5.41, 5.74) is 1.94. The summed E-state index contributed by atoms with van der Waals surface area (Å²) < 4.78 is 31.7. The minimum atomic E-state index is -3.12. The van der Waals surface area contributed by atoms with Crippen molar-refractivity contribution in [2.75, 3.05) is 12.8 Å². The second-order valence-electron chi connectivity index (χ2n) is 6.46. The van der Waals surface area contributed by atoms with Gasteiger partial charge < -0.3 is 14.0 Å². The molecule has 4 nitrogen and oxygen atoms in total. The molecule has 3 aromatic carbocycles. The molecule has 0 bridgehead atoms. The van der Waals surface area contributed by atoms with Crippen molar-refractivity contribution >= 4 is 12.7 Å². The van der Waals surface area contributed by atoms with E-state index in [1.807, 2.05) is 72.8 Å². The van der Waals surface area contributed by atoms with Crippen LogP contribution in [-0.2, 0) is 4.57 Å². The molecule has 3 aromatic rings. The highest BCUT2D eigenvalue weighted by atomic mass is 31.2. The van der Waals surface area contributed by atoms with Crippen molar-refractivity contribution in [3.8, 4) is 28.4 Å². The van der Waals surface area contributed by atoms with Crippen LogP contribution in [0.4, 0.5) is 0 Å². The average Bonchev–Trinajstić information content (AvgIpc) is 2.68. The van der Waals surface area contributed by atoms with Crippen LogP contribution in [-0.4, -0.2) is 18.9 Å². The lowest BCUT2D eigenvalue weighted by Gasteiger charge is -2.33. The fourth-order valence-corrected chi connectivity index (χ4v) is 5.97. The van der Waals surface area contributed by atoms with Gasteiger partial charge in [0.15, 0.2) is 11.5 Å². The van der Waals surface area contributed by atoms with Crippen LogP contribution in [0.25, 0.3) is 11.1 Å². The maximum Gasteiger partial charge on any atom is 0.281 e. The fraction of sp³-hybridized carbons (Fsp3) is 0.143. The molecule has 0 aromatic heterocycles. The van der Waals surface area contributed by atoms with Gasteiger partial charge >= 0.3 is 0 Å². The Bertz CT molecular complexity index is 1030. The summed E-state index contributed by atoms with van der Waals surface area (Å²) in [6.07, 6.45) is -0.0544. The maximum absolute atomic E-state index is 13.8. The third-order valence-electron chi connectivity index (χ3n) is 4.71. The van der Waals surface area contributed by atoms with Gasteiger partial charge in [-0.3, -0.25) is 4.57 Å². The van der Waals surface area contributed by atoms with Gasteiger partial charge in [0.05, 0.1) is 11.5 Å². The van der Waals surface area contributed by atoms with E-state index >= 15 is 0 Å². The van der Waals surface area contributed by atoms with Gasteiger partial charge in [0.2, 0.25) is 0 Å². The summed E-state index contributed by atoms with van der Waals surface area (Å²) >= 11 is 0. The highest BCUT2D eigenvalue weighted by molar-refractivity contribution is 7.67. The van der Waals surface area contributed by atoms with Gasteiger partial charge in [-0.05, 0) is 29.8 Å². The molecule has 0 saturated carbocycles. The first-order valence-electron chi connectivity index (χ1n) is 8.59. The zero-order chi connectivity index (χ0) is 17.6. The molecular formula is C21H17O4P. The monoisotopic (exact) mass is 364 g/mol. The molecular weight excluding hydrogens is 347 g/mol. The standard InChI is InChI=1S/C21H17O4P/c22-26(14-15-13-23-19-10-4-5-11-20(19)24-15)21-12-6-2-8-17(21)16-7-1-3-9-18(16)25-26/h1-12,15H,13-14H2. The number of hydrogen-bond acceptors (Lipinski definition) is 4. The van der Waals surface area contributed by atoms with Crippen LogP contribution in [0.3, 0.4) is 0 Å². The first-order valence-corrected chi connectivity index (χ1v) is 10.4. The van der Waals surface area contributed by atoms with Crippen molar-refractivity contribution in [3.05, 3.63) is 72.8 Å². The second-order valence-corrected chi connectivity index (χ2v) is 8.83. The molecule has 2 atom stereocenters. The molecule has 2 aliphatic rings. The predicted octanol–water partition coefficient (Wildman–Crippen LogP) is 4.49. The van der Waals surface area contributed by atoms with E-state index in [1.165, 1.54) is 0 Å². The van der Waals surface area contributed by atoms with Gasteiger partial charge in [-0.15, -0.1) is 0 Å². The normalized spacial score (nSPS) is 22.7. The number of ether oxygens (including phenoxy) is 2. The van der Waals surface area contributed by atoms with Crippen molar-refractivity contribution in [2.45, 2.75) is 6.10 Å². The Balaban J connectivity index is 1.51. The third kappa shape index (κ3) is 2.49. The molecule has 0 amide bonds. The molecule has 0 radical (unpaired) electrons. The van der Waals surface area contributed by atoms with Crippen LogP contribution in [0, 0.1) is 0 Å². The van der Waals surface area contributed by atoms with Crippen LogP contribution in [0.5, 0.6) is 17.2 Å². The van der Waals surface area contributed by atoms with Gasteiger partial charge in [0.1, 0.15) is 18.5 Å². The molecule has 130 valence electrons. The minimum absolute atomic E-state index is 0.271. The van der Waals surface area contributed by atoms with Crippen LogP contribution in [0.1, 0.15) is 0 Å². The third-order valence-corrected chi connectivity index (χ3v) is 7.21. The number of fused-ring (bicyclic) bond motifs is 4. The smallest absolute Gasteiger partial charge is 0.281 e. The predicted molar refractivity (Wildman–Crippen MR) is 101 cm³/mol. The van der Waals surface area contributed by atoms with Crippen LogP contribution >= 0.6 is 7.37 Å². The van der Waals surface area contributed by atoms with Crippen molar-refractivity contribution in [1.29, 1.82) is 0 Å². The van der Waals surface area contributed by atoms with E-state index in [9.17, 15) is 4.57 Å². The summed E-state index contributed by atoms with van der Waals surface area (Å²) in [4.78, 5) is 0. The summed E-state index contributed by atoms with van der Waals surface area (Å²) in [6, 6.07) is 23.0. The Morgan fingerprint density at radius 2 is 1.46 bits per heavy atom. The van der Waals surface area contributed by atoms with Gasteiger partial charge in [-0.2, -0.15) is 0 Å². The van der Waals surface area contributed by atoms with Gasteiger partial charge in [0, 0.05) is 5.56 Å². The van der Waals surface area contributed by atoms with Gasteiger partial charge in [0.25, 0.3) is 7.37 Å². The Morgan fingerprint density at radius 3 is 2.31 bits per heavy atom. The average molecular weight is 364 g/mol. The molecule has 5 heteroatoms. The molecule has 2 unspecified atom stereocenters. The Kier molecular flexibility index (Phi) is 3.54. The van der Waals surface area contributed by atoms with Crippen molar-refractivity contribution < 1.29 is 18.6 Å². The number of benzene rings is 3. The SMILES string of the molecule is O=P1(CC2COc3ccccc3O2)Oc2ccccc2-c2ccccc21. The molecule has 0 saturated heterocycles. The molecule has 5 rings (SSSR count). The minimum Gasteiger partial charge on any atom is -0.486 e. The van der Waals surface area contributed by atoms with Gasteiger partial charge in [-0.1, -0.05) is 48.5 Å². The quantitative estimate of drug-likeness (QED) is 0.629. The van der Waals surface area contributed by atoms with E-state index in [0.29, 0.717) is 18.1 Å². The largest absolute Gasteiger partial charge is 0.486 e. The lowest BCUT2D eigenvalue weighted by Crippen LogP contribution is -2.35. The molecule has 26 heavy (non-hydrogen) atoms. The van der Waals surface area contributed by atoms with E-state index in [0.717, 1.165) is 22.2 Å². The summed E-state index contributed by atoms with van der Waals surface area (Å²) in [7, 11) is -3.12. The fourth-order valence-electron chi connectivity index (χ4n) is 3.53. The van der Waals surface area contributed by atoms with Crippen molar-refractivity contribution in [1.82, 2.24) is 0 Å². The van der Waals surface area contributed by atoms with Crippen LogP contribution in [0.2, 0.25) is 0 Å². The first-order chi connectivity index (χ1) is 12.7. The Labute approximate surface area is 151 Å². The van der Waals surface area contributed by atoms with Crippen molar-refractivity contribution in [3.63, 3.8) is 0 Å². The van der Waals surface area contributed by atoms with E-state index in [1.54, 1.807) is 0 Å². The summed E-state index contributed by atoms with van der Waals surface area (Å²) in [5.74, 6) is 2.06. The number of rotatable bonds is 2. The molecule has 0 N–H and O–H groups in total. The molecule has 0 spiro atoms. The number of para-hydroxylation sites is 3. The first kappa shape index (κ1) is 15.5. The number of hydrogen-bond donors (Lipinski definition) is 0. The van der Waals surface area contributed by atoms with Crippen LogP contribution in [0.15, 0.2) is 72.8 Å². The Morgan fingerprint density at radius 1 is 0.808 bits per heavy atom.